The highest BCUT2D eigenvalue weighted by molar-refractivity contribution is 6.31. The van der Waals surface area contributed by atoms with Crippen LogP contribution in [0.25, 0.3) is 0 Å². The number of hydrogen-bond acceptors (Lipinski definition) is 3. The van der Waals surface area contributed by atoms with Crippen LogP contribution in [0.5, 0.6) is 0 Å². The maximum atomic E-state index is 12.4. The molecule has 1 aliphatic carbocycles. The van der Waals surface area contributed by atoms with Gasteiger partial charge in [0.2, 0.25) is 0 Å². The molecule has 3 nitrogen and oxygen atoms in total. The number of halogens is 1. The number of nitriles is 1. The largest absolute Gasteiger partial charge is 0.297 e. The van der Waals surface area contributed by atoms with Gasteiger partial charge in [0, 0.05) is 17.8 Å². The van der Waals surface area contributed by atoms with Crippen molar-refractivity contribution < 1.29 is 4.79 Å². The third kappa shape index (κ3) is 2.02. The summed E-state index contributed by atoms with van der Waals surface area (Å²) >= 11 is 6.06. The Labute approximate surface area is 112 Å². The molecule has 4 heteroatoms. The van der Waals surface area contributed by atoms with Crippen LogP contribution in [-0.2, 0) is 11.2 Å². The standard InChI is InChI=1S/C14H15ClN2O/c1-13(2)4-5-14(9-16,12(13)18)7-10-3-6-17-8-11(10)15/h3,6,8H,4-5,7H2,1-2H3. The van der Waals surface area contributed by atoms with Crippen LogP contribution in [0.2, 0.25) is 5.02 Å². The van der Waals surface area contributed by atoms with E-state index < -0.39 is 10.8 Å². The highest BCUT2D eigenvalue weighted by Gasteiger charge is 2.52. The Kier molecular flexibility index (Phi) is 3.16. The van der Waals surface area contributed by atoms with E-state index in [4.69, 9.17) is 11.6 Å². The highest BCUT2D eigenvalue weighted by atomic mass is 35.5. The molecule has 0 N–H and O–H groups in total. The fourth-order valence-corrected chi connectivity index (χ4v) is 2.77. The minimum absolute atomic E-state index is 0.0328. The van der Waals surface area contributed by atoms with Gasteiger partial charge in [0.1, 0.15) is 5.41 Å². The van der Waals surface area contributed by atoms with Crippen molar-refractivity contribution >= 4 is 17.4 Å². The number of rotatable bonds is 2. The van der Waals surface area contributed by atoms with Crippen LogP contribution in [0.3, 0.4) is 0 Å². The molecule has 0 radical (unpaired) electrons. The molecule has 1 aliphatic rings. The molecule has 1 heterocycles. The predicted octanol–water partition coefficient (Wildman–Crippen LogP) is 3.18. The van der Waals surface area contributed by atoms with Gasteiger partial charge in [-0.15, -0.1) is 0 Å². The van der Waals surface area contributed by atoms with E-state index in [-0.39, 0.29) is 5.78 Å². The molecule has 1 atom stereocenters. The first kappa shape index (κ1) is 13.0. The van der Waals surface area contributed by atoms with E-state index in [1.807, 2.05) is 13.8 Å². The summed E-state index contributed by atoms with van der Waals surface area (Å²) in [4.78, 5) is 16.3. The third-order valence-electron chi connectivity index (χ3n) is 3.79. The lowest BCUT2D eigenvalue weighted by Gasteiger charge is -2.22. The van der Waals surface area contributed by atoms with Gasteiger partial charge in [-0.1, -0.05) is 25.4 Å². The van der Waals surface area contributed by atoms with Crippen molar-refractivity contribution in [2.45, 2.75) is 33.1 Å². The molecular weight excluding hydrogens is 248 g/mol. The van der Waals surface area contributed by atoms with Gasteiger partial charge in [-0.3, -0.25) is 9.78 Å². The molecule has 0 spiro atoms. The summed E-state index contributed by atoms with van der Waals surface area (Å²) in [5.74, 6) is 0.0328. The van der Waals surface area contributed by atoms with E-state index >= 15 is 0 Å². The molecule has 0 aromatic carbocycles. The third-order valence-corrected chi connectivity index (χ3v) is 4.13. The Morgan fingerprint density at radius 3 is 2.72 bits per heavy atom. The van der Waals surface area contributed by atoms with Crippen LogP contribution in [-0.4, -0.2) is 10.8 Å². The van der Waals surface area contributed by atoms with Crippen molar-refractivity contribution in [3.8, 4) is 6.07 Å². The van der Waals surface area contributed by atoms with Crippen LogP contribution >= 0.6 is 11.6 Å². The first-order valence-electron chi connectivity index (χ1n) is 5.96. The molecule has 2 rings (SSSR count). The van der Waals surface area contributed by atoms with Gasteiger partial charge < -0.3 is 0 Å². The monoisotopic (exact) mass is 262 g/mol. The predicted molar refractivity (Wildman–Crippen MR) is 69.0 cm³/mol. The summed E-state index contributed by atoms with van der Waals surface area (Å²) in [5.41, 5.74) is -0.511. The van der Waals surface area contributed by atoms with E-state index in [0.717, 1.165) is 12.0 Å². The van der Waals surface area contributed by atoms with Gasteiger partial charge in [-0.25, -0.2) is 0 Å². The Morgan fingerprint density at radius 2 is 2.22 bits per heavy atom. The number of carbonyl (C=O) groups is 1. The number of pyridine rings is 1. The lowest BCUT2D eigenvalue weighted by Crippen LogP contribution is -2.33. The molecule has 1 unspecified atom stereocenters. The van der Waals surface area contributed by atoms with Gasteiger partial charge in [0.15, 0.2) is 5.78 Å². The highest BCUT2D eigenvalue weighted by Crippen LogP contribution is 2.47. The van der Waals surface area contributed by atoms with Crippen molar-refractivity contribution in [1.82, 2.24) is 4.98 Å². The number of Topliss-reactive ketones (excluding diaryl/α,β-unsaturated/α-hetero) is 1. The average molecular weight is 263 g/mol. The molecule has 0 saturated heterocycles. The van der Waals surface area contributed by atoms with Gasteiger partial charge in [0.25, 0.3) is 0 Å². The summed E-state index contributed by atoms with van der Waals surface area (Å²) in [6, 6.07) is 4.01. The quantitative estimate of drug-likeness (QED) is 0.823. The number of hydrogen-bond donors (Lipinski definition) is 0. The smallest absolute Gasteiger partial charge is 0.158 e. The first-order chi connectivity index (χ1) is 8.41. The lowest BCUT2D eigenvalue weighted by molar-refractivity contribution is -0.130. The summed E-state index contributed by atoms with van der Waals surface area (Å²) in [6.07, 6.45) is 4.92. The van der Waals surface area contributed by atoms with Crippen molar-refractivity contribution in [2.24, 2.45) is 10.8 Å². The topological polar surface area (TPSA) is 53.8 Å². The first-order valence-corrected chi connectivity index (χ1v) is 6.34. The maximum absolute atomic E-state index is 12.4. The second kappa shape index (κ2) is 4.37. The van der Waals surface area contributed by atoms with Gasteiger partial charge in [0.05, 0.1) is 11.1 Å². The van der Waals surface area contributed by atoms with Crippen molar-refractivity contribution in [3.63, 3.8) is 0 Å². The Balaban J connectivity index is 2.35. The van der Waals surface area contributed by atoms with Crippen LogP contribution in [0, 0.1) is 22.2 Å². The van der Waals surface area contributed by atoms with E-state index in [2.05, 4.69) is 11.1 Å². The molecule has 1 fully saturated rings. The lowest BCUT2D eigenvalue weighted by atomic mass is 9.77. The molecule has 94 valence electrons. The minimum atomic E-state index is -0.922. The maximum Gasteiger partial charge on any atom is 0.158 e. The van der Waals surface area contributed by atoms with Crippen molar-refractivity contribution in [1.29, 1.82) is 5.26 Å². The number of aromatic nitrogens is 1. The zero-order chi connectivity index (χ0) is 13.4. The number of carbonyl (C=O) groups excluding carboxylic acids is 1. The van der Waals surface area contributed by atoms with Crippen LogP contribution in [0.15, 0.2) is 18.5 Å². The normalized spacial score (nSPS) is 26.0. The second-order valence-electron chi connectivity index (χ2n) is 5.55. The van der Waals surface area contributed by atoms with Crippen LogP contribution < -0.4 is 0 Å². The average Bonchev–Trinajstić information content (AvgIpc) is 2.57. The fraction of sp³-hybridized carbons (Fsp3) is 0.500. The van der Waals surface area contributed by atoms with Crippen LogP contribution in [0.4, 0.5) is 0 Å². The summed E-state index contributed by atoms with van der Waals surface area (Å²) in [7, 11) is 0. The zero-order valence-corrected chi connectivity index (χ0v) is 11.3. The van der Waals surface area contributed by atoms with E-state index in [9.17, 15) is 10.1 Å². The van der Waals surface area contributed by atoms with Gasteiger partial charge in [-0.2, -0.15) is 5.26 Å². The Bertz CT molecular complexity index is 533. The van der Waals surface area contributed by atoms with E-state index in [1.54, 1.807) is 18.5 Å². The second-order valence-corrected chi connectivity index (χ2v) is 5.96. The van der Waals surface area contributed by atoms with Crippen molar-refractivity contribution in [3.05, 3.63) is 29.0 Å². The SMILES string of the molecule is CC1(C)CCC(C#N)(Cc2ccncc2Cl)C1=O. The minimum Gasteiger partial charge on any atom is -0.297 e. The molecule has 1 aromatic rings. The number of ketones is 1. The molecule has 0 aliphatic heterocycles. The fourth-order valence-electron chi connectivity index (χ4n) is 2.59. The molecule has 1 aromatic heterocycles. The molecule has 18 heavy (non-hydrogen) atoms. The Hall–Kier alpha value is -1.40. The van der Waals surface area contributed by atoms with Gasteiger partial charge >= 0.3 is 0 Å². The van der Waals surface area contributed by atoms with Crippen LogP contribution in [0.1, 0.15) is 32.3 Å². The molecule has 0 bridgehead atoms. The van der Waals surface area contributed by atoms with Crippen molar-refractivity contribution in [2.75, 3.05) is 0 Å². The summed E-state index contributed by atoms with van der Waals surface area (Å²) in [5, 5.41) is 9.96. The summed E-state index contributed by atoms with van der Waals surface area (Å²) < 4.78 is 0. The Morgan fingerprint density at radius 1 is 1.50 bits per heavy atom. The summed E-state index contributed by atoms with van der Waals surface area (Å²) in [6.45, 7) is 3.81. The van der Waals surface area contributed by atoms with E-state index in [0.29, 0.717) is 17.9 Å². The molecule has 0 amide bonds. The molecule has 1 saturated carbocycles. The van der Waals surface area contributed by atoms with E-state index in [1.165, 1.54) is 0 Å². The number of nitrogens with zero attached hydrogens (tertiary/aromatic N) is 2. The molecular formula is C14H15ClN2O. The van der Waals surface area contributed by atoms with Gasteiger partial charge in [-0.05, 0) is 30.9 Å². The zero-order valence-electron chi connectivity index (χ0n) is 10.5.